The summed E-state index contributed by atoms with van der Waals surface area (Å²) in [5.41, 5.74) is 6.75. The first-order chi connectivity index (χ1) is 8.87. The predicted octanol–water partition coefficient (Wildman–Crippen LogP) is 2.01. The molecule has 19 heavy (non-hydrogen) atoms. The van der Waals surface area contributed by atoms with Crippen LogP contribution in [0.1, 0.15) is 38.9 Å². The zero-order valence-electron chi connectivity index (χ0n) is 12.8. The highest BCUT2D eigenvalue weighted by atomic mass is 15.2. The molecule has 0 bridgehead atoms. The minimum Gasteiger partial charge on any atom is -0.337 e. The first-order valence-corrected chi connectivity index (χ1v) is 7.28. The fourth-order valence-corrected chi connectivity index (χ4v) is 3.21. The highest BCUT2D eigenvalue weighted by Gasteiger charge is 2.33. The summed E-state index contributed by atoms with van der Waals surface area (Å²) in [6, 6.07) is 0.358. The van der Waals surface area contributed by atoms with Crippen molar-refractivity contribution in [2.24, 2.45) is 24.1 Å². The summed E-state index contributed by atoms with van der Waals surface area (Å²) < 4.78 is 2.08. The fraction of sp³-hybridized carbons (Fsp3) is 0.800. The van der Waals surface area contributed by atoms with E-state index < -0.39 is 0 Å². The molecule has 4 nitrogen and oxygen atoms in total. The molecular weight excluding hydrogens is 236 g/mol. The second kappa shape index (κ2) is 5.63. The van der Waals surface area contributed by atoms with E-state index in [0.29, 0.717) is 17.4 Å². The summed E-state index contributed by atoms with van der Waals surface area (Å²) in [5, 5.41) is 0. The molecule has 2 unspecified atom stereocenters. The Hall–Kier alpha value is -0.870. The Balaban J connectivity index is 1.90. The number of hydrogen-bond donors (Lipinski definition) is 1. The van der Waals surface area contributed by atoms with Gasteiger partial charge in [0.15, 0.2) is 0 Å². The summed E-state index contributed by atoms with van der Waals surface area (Å²) in [6.45, 7) is 6.69. The van der Waals surface area contributed by atoms with Crippen molar-refractivity contribution in [3.63, 3.8) is 0 Å². The first-order valence-electron chi connectivity index (χ1n) is 7.28. The maximum absolute atomic E-state index is 6.30. The van der Waals surface area contributed by atoms with Crippen LogP contribution in [0.5, 0.6) is 0 Å². The van der Waals surface area contributed by atoms with Crippen LogP contribution >= 0.6 is 0 Å². The predicted molar refractivity (Wildman–Crippen MR) is 78.6 cm³/mol. The van der Waals surface area contributed by atoms with Crippen LogP contribution in [0.3, 0.4) is 0 Å². The van der Waals surface area contributed by atoms with E-state index in [2.05, 4.69) is 35.3 Å². The number of rotatable bonds is 4. The maximum atomic E-state index is 6.30. The topological polar surface area (TPSA) is 47.1 Å². The van der Waals surface area contributed by atoms with Gasteiger partial charge < -0.3 is 10.3 Å². The SMILES string of the molecule is CN(Cc1nccn1C)CC1CC(C)(C)CCC1N. The molecule has 1 saturated carbocycles. The number of imidazole rings is 1. The standard InChI is InChI=1S/C15H28N4/c1-15(2)6-5-13(16)12(9-15)10-18(3)11-14-17-7-8-19(14)4/h7-8,12-13H,5-6,9-11,16H2,1-4H3. The van der Waals surface area contributed by atoms with Crippen molar-refractivity contribution in [2.45, 2.75) is 45.7 Å². The quantitative estimate of drug-likeness (QED) is 0.905. The molecule has 1 aliphatic rings. The third-order valence-corrected chi connectivity index (χ3v) is 4.45. The second-order valence-corrected chi connectivity index (χ2v) is 6.98. The Morgan fingerprint density at radius 2 is 2.26 bits per heavy atom. The molecule has 1 aliphatic carbocycles. The lowest BCUT2D eigenvalue weighted by molar-refractivity contribution is 0.121. The van der Waals surface area contributed by atoms with Crippen molar-refractivity contribution >= 4 is 0 Å². The van der Waals surface area contributed by atoms with Crippen LogP contribution in [0.2, 0.25) is 0 Å². The maximum Gasteiger partial charge on any atom is 0.122 e. The van der Waals surface area contributed by atoms with E-state index in [1.165, 1.54) is 12.8 Å². The van der Waals surface area contributed by atoms with E-state index in [9.17, 15) is 0 Å². The molecule has 0 spiro atoms. The summed E-state index contributed by atoms with van der Waals surface area (Å²) in [4.78, 5) is 6.74. The van der Waals surface area contributed by atoms with Crippen molar-refractivity contribution < 1.29 is 0 Å². The van der Waals surface area contributed by atoms with Gasteiger partial charge in [-0.15, -0.1) is 0 Å². The smallest absolute Gasteiger partial charge is 0.122 e. The number of nitrogens with two attached hydrogens (primary N) is 1. The van der Waals surface area contributed by atoms with E-state index in [0.717, 1.165) is 25.3 Å². The van der Waals surface area contributed by atoms with Gasteiger partial charge in [0, 0.05) is 32.0 Å². The van der Waals surface area contributed by atoms with E-state index >= 15 is 0 Å². The molecule has 0 saturated heterocycles. The van der Waals surface area contributed by atoms with E-state index in [1.54, 1.807) is 0 Å². The molecule has 108 valence electrons. The Bertz CT molecular complexity index is 410. The molecule has 0 aliphatic heterocycles. The highest BCUT2D eigenvalue weighted by molar-refractivity contribution is 4.92. The van der Waals surface area contributed by atoms with Gasteiger partial charge in [0.1, 0.15) is 5.82 Å². The molecule has 2 rings (SSSR count). The molecular formula is C15H28N4. The lowest BCUT2D eigenvalue weighted by Gasteiger charge is -2.40. The van der Waals surface area contributed by atoms with Gasteiger partial charge in [0.25, 0.3) is 0 Å². The third kappa shape index (κ3) is 3.80. The Morgan fingerprint density at radius 1 is 1.53 bits per heavy atom. The van der Waals surface area contributed by atoms with Crippen molar-refractivity contribution in [1.29, 1.82) is 0 Å². The summed E-state index contributed by atoms with van der Waals surface area (Å²) in [7, 11) is 4.22. The fourth-order valence-electron chi connectivity index (χ4n) is 3.21. The summed E-state index contributed by atoms with van der Waals surface area (Å²) >= 11 is 0. The number of hydrogen-bond acceptors (Lipinski definition) is 3. The minimum atomic E-state index is 0.358. The molecule has 2 N–H and O–H groups in total. The van der Waals surface area contributed by atoms with Crippen LogP contribution in [0.25, 0.3) is 0 Å². The van der Waals surface area contributed by atoms with Crippen LogP contribution in [-0.4, -0.2) is 34.1 Å². The lowest BCUT2D eigenvalue weighted by Crippen LogP contribution is -2.44. The van der Waals surface area contributed by atoms with Crippen molar-refractivity contribution in [1.82, 2.24) is 14.5 Å². The van der Waals surface area contributed by atoms with Gasteiger partial charge in [-0.25, -0.2) is 4.98 Å². The molecule has 0 aromatic carbocycles. The monoisotopic (exact) mass is 264 g/mol. The minimum absolute atomic E-state index is 0.358. The molecule has 1 fully saturated rings. The summed E-state index contributed by atoms with van der Waals surface area (Å²) in [5.74, 6) is 1.72. The highest BCUT2D eigenvalue weighted by Crippen LogP contribution is 2.38. The van der Waals surface area contributed by atoms with Gasteiger partial charge >= 0.3 is 0 Å². The van der Waals surface area contributed by atoms with E-state index in [1.807, 2.05) is 19.4 Å². The third-order valence-electron chi connectivity index (χ3n) is 4.45. The zero-order valence-corrected chi connectivity index (χ0v) is 12.8. The van der Waals surface area contributed by atoms with Gasteiger partial charge in [0.2, 0.25) is 0 Å². The first kappa shape index (κ1) is 14.5. The normalized spacial score (nSPS) is 26.8. The Kier molecular flexibility index (Phi) is 4.31. The average Bonchev–Trinajstić information content (AvgIpc) is 2.69. The van der Waals surface area contributed by atoms with Crippen LogP contribution < -0.4 is 5.73 Å². The number of nitrogens with zero attached hydrogens (tertiary/aromatic N) is 3. The van der Waals surface area contributed by atoms with Crippen molar-refractivity contribution in [3.8, 4) is 0 Å². The second-order valence-electron chi connectivity index (χ2n) is 6.98. The average molecular weight is 264 g/mol. The van der Waals surface area contributed by atoms with Crippen LogP contribution in [-0.2, 0) is 13.6 Å². The largest absolute Gasteiger partial charge is 0.337 e. The molecule has 0 radical (unpaired) electrons. The van der Waals surface area contributed by atoms with Crippen LogP contribution in [0.15, 0.2) is 12.4 Å². The molecule has 0 amide bonds. The van der Waals surface area contributed by atoms with Gasteiger partial charge in [-0.05, 0) is 37.6 Å². The number of aryl methyl sites for hydroxylation is 1. The lowest BCUT2D eigenvalue weighted by atomic mass is 9.70. The van der Waals surface area contributed by atoms with Gasteiger partial charge in [0.05, 0.1) is 6.54 Å². The van der Waals surface area contributed by atoms with Crippen LogP contribution in [0, 0.1) is 11.3 Å². The Labute approximate surface area is 117 Å². The van der Waals surface area contributed by atoms with Crippen molar-refractivity contribution in [3.05, 3.63) is 18.2 Å². The van der Waals surface area contributed by atoms with Gasteiger partial charge in [-0.3, -0.25) is 4.90 Å². The van der Waals surface area contributed by atoms with Gasteiger partial charge in [-0.2, -0.15) is 0 Å². The summed E-state index contributed by atoms with van der Waals surface area (Å²) in [6.07, 6.45) is 7.51. The molecule has 1 aromatic heterocycles. The van der Waals surface area contributed by atoms with Crippen molar-refractivity contribution in [2.75, 3.05) is 13.6 Å². The van der Waals surface area contributed by atoms with E-state index in [4.69, 9.17) is 5.73 Å². The van der Waals surface area contributed by atoms with E-state index in [-0.39, 0.29) is 0 Å². The molecule has 1 aromatic rings. The molecule has 2 atom stereocenters. The molecule has 4 heteroatoms. The Morgan fingerprint density at radius 3 is 2.89 bits per heavy atom. The molecule has 1 heterocycles. The van der Waals surface area contributed by atoms with Gasteiger partial charge in [-0.1, -0.05) is 13.8 Å². The zero-order chi connectivity index (χ0) is 14.0. The van der Waals surface area contributed by atoms with Crippen LogP contribution in [0.4, 0.5) is 0 Å². The number of aromatic nitrogens is 2.